The second-order valence-electron chi connectivity index (χ2n) is 11.0. The normalized spacial score (nSPS) is 37.3. The summed E-state index contributed by atoms with van der Waals surface area (Å²) >= 11 is 1.52. The number of ether oxygens (including phenoxy) is 1. The third-order valence-corrected chi connectivity index (χ3v) is 10.3. The molecule has 5 aliphatic carbocycles. The zero-order valence-corrected chi connectivity index (χ0v) is 19.5. The Balaban J connectivity index is 1.27. The highest BCUT2D eigenvalue weighted by Crippen LogP contribution is 2.65. The number of hydrogen-bond donors (Lipinski definition) is 3. The average Bonchev–Trinajstić information content (AvgIpc) is 3.37. The van der Waals surface area contributed by atoms with Crippen LogP contribution in [0.3, 0.4) is 0 Å². The molecule has 1 aromatic rings. The summed E-state index contributed by atoms with van der Waals surface area (Å²) in [7, 11) is 0. The molecule has 1 aromatic heterocycles. The molecule has 6 aliphatic rings. The first-order chi connectivity index (χ1) is 15.6. The van der Waals surface area contributed by atoms with Crippen molar-refractivity contribution in [3.05, 3.63) is 16.0 Å². The van der Waals surface area contributed by atoms with Crippen molar-refractivity contribution in [2.24, 2.45) is 29.1 Å². The summed E-state index contributed by atoms with van der Waals surface area (Å²) in [6, 6.07) is -0.0000529. The van der Waals surface area contributed by atoms with Gasteiger partial charge < -0.3 is 20.5 Å². The number of thiophene rings is 1. The van der Waals surface area contributed by atoms with Crippen LogP contribution in [0, 0.1) is 29.1 Å². The summed E-state index contributed by atoms with van der Waals surface area (Å²) in [5.41, 5.74) is 1.48. The van der Waals surface area contributed by atoms with Crippen molar-refractivity contribution in [3.8, 4) is 0 Å². The van der Waals surface area contributed by atoms with E-state index >= 15 is 0 Å². The molecule has 0 spiro atoms. The molecule has 6 atom stereocenters. The Hall–Kier alpha value is -1.44. The largest absolute Gasteiger partial charge is 0.396 e. The molecule has 0 radical (unpaired) electrons. The number of aliphatic hydroxyl groups is 1. The maximum absolute atomic E-state index is 13.7. The van der Waals surface area contributed by atoms with E-state index in [-0.39, 0.29) is 35.8 Å². The van der Waals surface area contributed by atoms with Gasteiger partial charge in [-0.05, 0) is 74.7 Å². The molecule has 2 amide bonds. The van der Waals surface area contributed by atoms with Crippen LogP contribution in [0.1, 0.15) is 78.6 Å². The van der Waals surface area contributed by atoms with Gasteiger partial charge in [0.2, 0.25) is 5.91 Å². The summed E-state index contributed by atoms with van der Waals surface area (Å²) in [6.07, 6.45) is 10.5. The van der Waals surface area contributed by atoms with E-state index in [1.165, 1.54) is 30.6 Å². The number of nitrogens with one attached hydrogen (secondary N) is 2. The van der Waals surface area contributed by atoms with Crippen molar-refractivity contribution in [3.63, 3.8) is 0 Å². The molecule has 5 saturated carbocycles. The number of amides is 2. The Kier molecular flexibility index (Phi) is 5.35. The standard InChI is InChI=1S/C25H34N2O4S/c28-12-16-3-1-2-4-19(16)26-22(29)21-18-5-6-31-13-20(18)32-23(21)27-24(30)25-10-14-7-15(11-25)9-17(25)8-14/h14-17,19,28H,1-13H2,(H,26,29)(H,27,30)/t14-,15?,16?,17?,19?,25?/m0/s1. The van der Waals surface area contributed by atoms with Crippen LogP contribution in [-0.4, -0.2) is 36.2 Å². The highest BCUT2D eigenvalue weighted by atomic mass is 32.1. The minimum absolute atomic E-state index is 0.0000529. The number of aliphatic hydroxyl groups excluding tert-OH is 1. The first kappa shape index (κ1) is 21.1. The van der Waals surface area contributed by atoms with Gasteiger partial charge in [-0.3, -0.25) is 9.59 Å². The van der Waals surface area contributed by atoms with Crippen molar-refractivity contribution in [1.82, 2.24) is 5.32 Å². The van der Waals surface area contributed by atoms with E-state index in [9.17, 15) is 14.7 Å². The van der Waals surface area contributed by atoms with E-state index in [1.54, 1.807) is 0 Å². The Bertz CT molecular complexity index is 913. The number of rotatable bonds is 5. The summed E-state index contributed by atoms with van der Waals surface area (Å²) in [5, 5.41) is 17.0. The molecule has 6 nitrogen and oxygen atoms in total. The average molecular weight is 459 g/mol. The van der Waals surface area contributed by atoms with E-state index in [4.69, 9.17) is 4.74 Å². The maximum Gasteiger partial charge on any atom is 0.254 e. The van der Waals surface area contributed by atoms with Gasteiger partial charge in [0.1, 0.15) is 5.00 Å². The van der Waals surface area contributed by atoms with E-state index < -0.39 is 0 Å². The fourth-order valence-corrected chi connectivity index (χ4v) is 8.99. The van der Waals surface area contributed by atoms with Crippen LogP contribution >= 0.6 is 11.3 Å². The molecule has 7 rings (SSSR count). The van der Waals surface area contributed by atoms with Gasteiger partial charge >= 0.3 is 0 Å². The number of fused-ring (bicyclic) bond motifs is 1. The molecule has 0 aromatic carbocycles. The van der Waals surface area contributed by atoms with Crippen molar-refractivity contribution < 1.29 is 19.4 Å². The summed E-state index contributed by atoms with van der Waals surface area (Å²) in [4.78, 5) is 28.3. The van der Waals surface area contributed by atoms with Crippen LogP contribution in [0.4, 0.5) is 5.00 Å². The Labute approximate surface area is 193 Å². The number of carbonyl (C=O) groups is 2. The zero-order chi connectivity index (χ0) is 21.9. The van der Waals surface area contributed by atoms with Gasteiger partial charge in [0, 0.05) is 23.4 Å². The van der Waals surface area contributed by atoms with Crippen LogP contribution < -0.4 is 10.6 Å². The second-order valence-corrected chi connectivity index (χ2v) is 12.1. The lowest BCUT2D eigenvalue weighted by Gasteiger charge is -2.32. The van der Waals surface area contributed by atoms with Crippen LogP contribution in [0.15, 0.2) is 0 Å². The van der Waals surface area contributed by atoms with Crippen molar-refractivity contribution in [2.45, 2.75) is 76.9 Å². The van der Waals surface area contributed by atoms with Gasteiger partial charge in [0.25, 0.3) is 5.91 Å². The maximum atomic E-state index is 13.7. The Morgan fingerprint density at radius 2 is 1.91 bits per heavy atom. The molecule has 7 heteroatoms. The van der Waals surface area contributed by atoms with Crippen molar-refractivity contribution in [2.75, 3.05) is 18.5 Å². The fraction of sp³-hybridized carbons (Fsp3) is 0.760. The predicted octanol–water partition coefficient (Wildman–Crippen LogP) is 3.87. The summed E-state index contributed by atoms with van der Waals surface area (Å²) in [6.45, 7) is 1.22. The minimum atomic E-state index is -0.215. The van der Waals surface area contributed by atoms with Crippen molar-refractivity contribution >= 4 is 28.2 Å². The highest BCUT2D eigenvalue weighted by Gasteiger charge is 2.61. The third-order valence-electron chi connectivity index (χ3n) is 9.18. The molecular weight excluding hydrogens is 424 g/mol. The summed E-state index contributed by atoms with van der Waals surface area (Å²) in [5.74, 6) is 2.12. The van der Waals surface area contributed by atoms with Crippen LogP contribution in [-0.2, 0) is 22.6 Å². The van der Waals surface area contributed by atoms with E-state index in [1.807, 2.05) is 0 Å². The lowest BCUT2D eigenvalue weighted by Crippen LogP contribution is -2.44. The molecule has 2 heterocycles. The van der Waals surface area contributed by atoms with Gasteiger partial charge in [-0.2, -0.15) is 0 Å². The molecule has 5 unspecified atom stereocenters. The van der Waals surface area contributed by atoms with Gasteiger partial charge in [-0.15, -0.1) is 11.3 Å². The SMILES string of the molecule is O=C(NC1CCCCC1CO)c1c(NC(=O)C23CC4CC2C[C@H](C4)C3)sc2c1CCOC2. The van der Waals surface area contributed by atoms with Crippen LogP contribution in [0.5, 0.6) is 0 Å². The van der Waals surface area contributed by atoms with Gasteiger partial charge in [0.05, 0.1) is 24.2 Å². The van der Waals surface area contributed by atoms with E-state index in [2.05, 4.69) is 10.6 Å². The van der Waals surface area contributed by atoms with Crippen LogP contribution in [0.2, 0.25) is 0 Å². The third kappa shape index (κ3) is 3.34. The first-order valence-corrected chi connectivity index (χ1v) is 13.3. The molecule has 5 fully saturated rings. The molecule has 0 saturated heterocycles. The topological polar surface area (TPSA) is 87.7 Å². The van der Waals surface area contributed by atoms with E-state index in [0.717, 1.165) is 49.0 Å². The smallest absolute Gasteiger partial charge is 0.254 e. The lowest BCUT2D eigenvalue weighted by atomic mass is 9.75. The number of anilines is 1. The molecule has 174 valence electrons. The van der Waals surface area contributed by atoms with Crippen molar-refractivity contribution in [1.29, 1.82) is 0 Å². The monoisotopic (exact) mass is 458 g/mol. The molecule has 4 bridgehead atoms. The highest BCUT2D eigenvalue weighted by molar-refractivity contribution is 7.17. The molecule has 1 aliphatic heterocycles. The van der Waals surface area contributed by atoms with Gasteiger partial charge in [0.15, 0.2) is 0 Å². The Morgan fingerprint density at radius 3 is 2.69 bits per heavy atom. The molecular formula is C25H34N2O4S. The Morgan fingerprint density at radius 1 is 1.12 bits per heavy atom. The van der Waals surface area contributed by atoms with Gasteiger partial charge in [-0.25, -0.2) is 0 Å². The number of carbonyl (C=O) groups excluding carboxylic acids is 2. The zero-order valence-electron chi connectivity index (χ0n) is 18.7. The predicted molar refractivity (Wildman–Crippen MR) is 123 cm³/mol. The quantitative estimate of drug-likeness (QED) is 0.625. The number of hydrogen-bond acceptors (Lipinski definition) is 5. The van der Waals surface area contributed by atoms with E-state index in [0.29, 0.717) is 48.0 Å². The van der Waals surface area contributed by atoms with Crippen LogP contribution in [0.25, 0.3) is 0 Å². The summed E-state index contributed by atoms with van der Waals surface area (Å²) < 4.78 is 5.65. The minimum Gasteiger partial charge on any atom is -0.396 e. The van der Waals surface area contributed by atoms with Gasteiger partial charge in [-0.1, -0.05) is 12.8 Å². The molecule has 3 N–H and O–H groups in total. The second kappa shape index (κ2) is 8.10. The fourth-order valence-electron chi connectivity index (χ4n) is 7.81. The molecule has 32 heavy (non-hydrogen) atoms. The first-order valence-electron chi connectivity index (χ1n) is 12.5. The lowest BCUT2D eigenvalue weighted by molar-refractivity contribution is -0.127.